The minimum Gasteiger partial charge on any atom is -0.487 e. The van der Waals surface area contributed by atoms with E-state index >= 15 is 0 Å². The summed E-state index contributed by atoms with van der Waals surface area (Å²) in [5.74, 6) is -0.183. The van der Waals surface area contributed by atoms with Gasteiger partial charge in [-0.2, -0.15) is 0 Å². The summed E-state index contributed by atoms with van der Waals surface area (Å²) in [6.45, 7) is 4.65. The third-order valence-electron chi connectivity index (χ3n) is 5.48. The fraction of sp³-hybridized carbons (Fsp3) is 0.333. The molecule has 1 saturated heterocycles. The molecule has 1 amide bonds. The van der Waals surface area contributed by atoms with Gasteiger partial charge in [-0.1, -0.05) is 36.4 Å². The Labute approximate surface area is 190 Å². The summed E-state index contributed by atoms with van der Waals surface area (Å²) >= 11 is 1.44. The second-order valence-electron chi connectivity index (χ2n) is 8.26. The maximum absolute atomic E-state index is 13.4. The molecule has 1 fully saturated rings. The smallest absolute Gasteiger partial charge is 0.240 e. The molecule has 8 heteroatoms. The third-order valence-corrected chi connectivity index (χ3v) is 6.36. The van der Waals surface area contributed by atoms with Gasteiger partial charge in [0.25, 0.3) is 0 Å². The van der Waals surface area contributed by atoms with E-state index in [0.717, 1.165) is 16.1 Å². The van der Waals surface area contributed by atoms with Crippen molar-refractivity contribution in [1.82, 2.24) is 9.88 Å². The molecule has 2 aromatic carbocycles. The number of halogens is 1. The largest absolute Gasteiger partial charge is 0.487 e. The highest BCUT2D eigenvalue weighted by Gasteiger charge is 2.40. The number of nitrogens with one attached hydrogen (secondary N) is 1. The molecule has 6 nitrogen and oxygen atoms in total. The molecule has 0 aliphatic carbocycles. The van der Waals surface area contributed by atoms with Crippen molar-refractivity contribution in [3.63, 3.8) is 0 Å². The highest BCUT2D eigenvalue weighted by molar-refractivity contribution is 7.16. The van der Waals surface area contributed by atoms with Crippen molar-refractivity contribution in [2.75, 3.05) is 25.0 Å². The zero-order chi connectivity index (χ0) is 22.7. The molecule has 0 saturated carbocycles. The summed E-state index contributed by atoms with van der Waals surface area (Å²) in [5.41, 5.74) is 0.700. The lowest BCUT2D eigenvalue weighted by atomic mass is 9.91. The Morgan fingerprint density at radius 3 is 2.81 bits per heavy atom. The number of hydrogen-bond donors (Lipinski definition) is 2. The summed E-state index contributed by atoms with van der Waals surface area (Å²) in [6, 6.07) is 15.7. The van der Waals surface area contributed by atoms with Crippen molar-refractivity contribution in [2.24, 2.45) is 0 Å². The number of benzene rings is 2. The van der Waals surface area contributed by atoms with E-state index in [2.05, 4.69) is 10.3 Å². The Hall–Kier alpha value is -2.81. The molecule has 0 radical (unpaired) electrons. The number of amides is 1. The molecule has 2 atom stereocenters. The quantitative estimate of drug-likeness (QED) is 0.585. The van der Waals surface area contributed by atoms with Crippen LogP contribution >= 0.6 is 11.3 Å². The molecule has 1 aliphatic rings. The van der Waals surface area contributed by atoms with E-state index in [-0.39, 0.29) is 24.8 Å². The van der Waals surface area contributed by atoms with Crippen LogP contribution in [0.25, 0.3) is 11.3 Å². The Morgan fingerprint density at radius 1 is 1.31 bits per heavy atom. The van der Waals surface area contributed by atoms with E-state index in [1.54, 1.807) is 19.1 Å². The molecular weight excluding hydrogens is 429 g/mol. The van der Waals surface area contributed by atoms with E-state index in [0.29, 0.717) is 23.8 Å². The Balaban J connectivity index is 1.34. The fourth-order valence-corrected chi connectivity index (χ4v) is 4.80. The van der Waals surface area contributed by atoms with E-state index in [1.165, 1.54) is 23.5 Å². The van der Waals surface area contributed by atoms with Crippen LogP contribution in [0.1, 0.15) is 18.2 Å². The highest BCUT2D eigenvalue weighted by Crippen LogP contribution is 2.30. The predicted octanol–water partition coefficient (Wildman–Crippen LogP) is 4.10. The van der Waals surface area contributed by atoms with E-state index in [9.17, 15) is 14.3 Å². The number of nitrogens with zero attached hydrogens (tertiary/aromatic N) is 2. The van der Waals surface area contributed by atoms with Gasteiger partial charge in [0, 0.05) is 29.6 Å². The number of thiazole rings is 1. The number of likely N-dealkylation sites (tertiary alicyclic amines) is 1. The first-order chi connectivity index (χ1) is 15.3. The first kappa shape index (κ1) is 22.4. The van der Waals surface area contributed by atoms with Crippen molar-refractivity contribution in [2.45, 2.75) is 32.0 Å². The number of anilines is 1. The second-order valence-corrected chi connectivity index (χ2v) is 9.46. The maximum Gasteiger partial charge on any atom is 0.240 e. The lowest BCUT2D eigenvalue weighted by Gasteiger charge is -2.42. The summed E-state index contributed by atoms with van der Waals surface area (Å²) in [6.07, 6.45) is 0.0318. The summed E-state index contributed by atoms with van der Waals surface area (Å²) in [4.78, 5) is 20.1. The molecule has 0 bridgehead atoms. The molecular formula is C24H26FN3O3S. The topological polar surface area (TPSA) is 74.7 Å². The van der Waals surface area contributed by atoms with Gasteiger partial charge in [0.05, 0.1) is 12.2 Å². The summed E-state index contributed by atoms with van der Waals surface area (Å²) in [5, 5.41) is 14.3. The van der Waals surface area contributed by atoms with Gasteiger partial charge in [-0.15, -0.1) is 11.3 Å². The zero-order valence-corrected chi connectivity index (χ0v) is 18.9. The number of aromatic nitrogens is 1. The Bertz CT molecular complexity index is 1090. The first-order valence-electron chi connectivity index (χ1n) is 10.5. The molecule has 32 heavy (non-hydrogen) atoms. The van der Waals surface area contributed by atoms with Gasteiger partial charge in [0.15, 0.2) is 5.13 Å². The number of aryl methyl sites for hydroxylation is 1. The number of β-amino-alcohol motifs (C(OH)–C–C–N with tert-alkyl or cyclic N) is 1. The monoisotopic (exact) mass is 455 g/mol. The maximum atomic E-state index is 13.4. The van der Waals surface area contributed by atoms with Crippen LogP contribution in [0.3, 0.4) is 0 Å². The van der Waals surface area contributed by atoms with Gasteiger partial charge in [0.1, 0.15) is 23.3 Å². The molecule has 168 valence electrons. The standard InChI is InChI=1S/C24H26FN3O3S/c1-16-22(17-7-4-3-5-8-17)27-23(32-16)26-21(29)14-28-12-11-20(24(2,30)15-28)31-19-10-6-9-18(25)13-19/h3-10,13,20,30H,11-12,14-15H2,1-2H3,(H,26,27,29)/t20-,24-/m0/s1. The molecule has 0 unspecified atom stereocenters. The summed E-state index contributed by atoms with van der Waals surface area (Å²) in [7, 11) is 0. The molecule has 2 N–H and O–H groups in total. The van der Waals surface area contributed by atoms with Crippen molar-refractivity contribution >= 4 is 22.4 Å². The Morgan fingerprint density at radius 2 is 2.09 bits per heavy atom. The minimum atomic E-state index is -1.18. The SMILES string of the molecule is Cc1sc(NC(=O)CN2CC[C@H](Oc3cccc(F)c3)[C@@](C)(O)C2)nc1-c1ccccc1. The number of hydrogen-bond acceptors (Lipinski definition) is 6. The third kappa shape index (κ3) is 5.32. The molecule has 1 aliphatic heterocycles. The molecule has 4 rings (SSSR count). The van der Waals surface area contributed by atoms with E-state index < -0.39 is 11.7 Å². The van der Waals surface area contributed by atoms with Crippen molar-refractivity contribution in [3.8, 4) is 17.0 Å². The van der Waals surface area contributed by atoms with Crippen LogP contribution in [0.4, 0.5) is 9.52 Å². The van der Waals surface area contributed by atoms with Crippen molar-refractivity contribution in [1.29, 1.82) is 0 Å². The molecule has 1 aromatic heterocycles. The molecule has 3 aromatic rings. The molecule has 2 heterocycles. The van der Waals surface area contributed by atoms with Crippen LogP contribution in [-0.2, 0) is 4.79 Å². The highest BCUT2D eigenvalue weighted by atomic mass is 32.1. The summed E-state index contributed by atoms with van der Waals surface area (Å²) < 4.78 is 19.3. The second kappa shape index (κ2) is 9.36. The number of aliphatic hydroxyl groups is 1. The average Bonchev–Trinajstić information content (AvgIpc) is 3.10. The lowest BCUT2D eigenvalue weighted by molar-refractivity contribution is -0.123. The lowest BCUT2D eigenvalue weighted by Crippen LogP contribution is -2.58. The van der Waals surface area contributed by atoms with Crippen LogP contribution in [0.2, 0.25) is 0 Å². The number of ether oxygens (including phenoxy) is 1. The van der Waals surface area contributed by atoms with Crippen molar-refractivity contribution in [3.05, 3.63) is 65.3 Å². The number of piperidine rings is 1. The van der Waals surface area contributed by atoms with Gasteiger partial charge < -0.3 is 15.2 Å². The average molecular weight is 456 g/mol. The van der Waals surface area contributed by atoms with Gasteiger partial charge in [-0.25, -0.2) is 9.37 Å². The van der Waals surface area contributed by atoms with Crippen LogP contribution in [0, 0.1) is 12.7 Å². The van der Waals surface area contributed by atoms with E-state index in [1.807, 2.05) is 42.2 Å². The Kier molecular flexibility index (Phi) is 6.55. The predicted molar refractivity (Wildman–Crippen MR) is 123 cm³/mol. The number of carbonyl (C=O) groups excluding carboxylic acids is 1. The van der Waals surface area contributed by atoms with Crippen LogP contribution in [0.15, 0.2) is 54.6 Å². The van der Waals surface area contributed by atoms with Crippen LogP contribution < -0.4 is 10.1 Å². The van der Waals surface area contributed by atoms with Gasteiger partial charge in [-0.05, 0) is 32.4 Å². The van der Waals surface area contributed by atoms with E-state index in [4.69, 9.17) is 4.74 Å². The molecule has 0 spiro atoms. The zero-order valence-electron chi connectivity index (χ0n) is 18.0. The van der Waals surface area contributed by atoms with Gasteiger partial charge in [-0.3, -0.25) is 9.69 Å². The van der Waals surface area contributed by atoms with Crippen LogP contribution in [0.5, 0.6) is 5.75 Å². The number of rotatable bonds is 6. The normalized spacial score (nSPS) is 21.3. The first-order valence-corrected chi connectivity index (χ1v) is 11.3. The fourth-order valence-electron chi connectivity index (χ4n) is 3.95. The van der Waals surface area contributed by atoms with Crippen molar-refractivity contribution < 1.29 is 19.0 Å². The minimum absolute atomic E-state index is 0.141. The van der Waals surface area contributed by atoms with Gasteiger partial charge in [0.2, 0.25) is 5.91 Å². The number of carbonyl (C=O) groups is 1. The van der Waals surface area contributed by atoms with Gasteiger partial charge >= 0.3 is 0 Å². The van der Waals surface area contributed by atoms with Crippen LogP contribution in [-0.4, -0.2) is 52.2 Å².